The van der Waals surface area contributed by atoms with Crippen LogP contribution in [-0.4, -0.2) is 17.6 Å². The van der Waals surface area contributed by atoms with E-state index in [1.54, 1.807) is 12.1 Å². The van der Waals surface area contributed by atoms with Crippen molar-refractivity contribution in [1.29, 1.82) is 0 Å². The predicted molar refractivity (Wildman–Crippen MR) is 172 cm³/mol. The summed E-state index contributed by atoms with van der Waals surface area (Å²) in [4.78, 5) is 13.1. The lowest BCUT2D eigenvalue weighted by atomic mass is 9.95. The molecule has 0 spiro atoms. The van der Waals surface area contributed by atoms with Gasteiger partial charge in [-0.2, -0.15) is 0 Å². The summed E-state index contributed by atoms with van der Waals surface area (Å²) in [7, 11) is 0. The first-order valence-corrected chi connectivity index (χ1v) is 14.7. The molecule has 0 saturated carbocycles. The molecule has 1 aromatic heterocycles. The standard InChI is InChI=1S/C38H31FN2O4/c1-2-40-38(42)36-35(29-18-20-30(39)21-19-29)37(45-41-36)32-22-31(28-16-10-5-11-17-28)33(43-24-26-12-6-3-7-13-26)23-34(32)44-25-27-14-8-4-9-15-27/h3-23H,2,24-25H2,1H3,(H,40,42). The summed E-state index contributed by atoms with van der Waals surface area (Å²) < 4.78 is 32.8. The fourth-order valence-corrected chi connectivity index (χ4v) is 5.05. The molecule has 7 heteroatoms. The van der Waals surface area contributed by atoms with Gasteiger partial charge in [-0.1, -0.05) is 108 Å². The Hall–Kier alpha value is -5.69. The van der Waals surface area contributed by atoms with Crippen molar-refractivity contribution < 1.29 is 23.2 Å². The van der Waals surface area contributed by atoms with Crippen molar-refractivity contribution in [3.05, 3.63) is 150 Å². The van der Waals surface area contributed by atoms with Gasteiger partial charge < -0.3 is 19.3 Å². The van der Waals surface area contributed by atoms with E-state index in [0.29, 0.717) is 47.1 Å². The molecule has 224 valence electrons. The molecule has 1 amide bonds. The fourth-order valence-electron chi connectivity index (χ4n) is 5.05. The molecule has 5 aromatic carbocycles. The molecule has 0 unspecified atom stereocenters. The number of benzene rings is 5. The first-order valence-electron chi connectivity index (χ1n) is 14.7. The number of carbonyl (C=O) groups is 1. The average molecular weight is 599 g/mol. The van der Waals surface area contributed by atoms with Gasteiger partial charge in [-0.05, 0) is 47.4 Å². The number of halogens is 1. The number of amides is 1. The molecule has 0 bridgehead atoms. The van der Waals surface area contributed by atoms with Crippen LogP contribution in [0.3, 0.4) is 0 Å². The lowest BCUT2D eigenvalue weighted by Crippen LogP contribution is -2.23. The quantitative estimate of drug-likeness (QED) is 0.161. The van der Waals surface area contributed by atoms with Crippen LogP contribution in [0.5, 0.6) is 11.5 Å². The van der Waals surface area contributed by atoms with Crippen LogP contribution in [0.2, 0.25) is 0 Å². The van der Waals surface area contributed by atoms with Crippen LogP contribution in [0.4, 0.5) is 4.39 Å². The smallest absolute Gasteiger partial charge is 0.274 e. The van der Waals surface area contributed by atoms with Gasteiger partial charge in [0.25, 0.3) is 5.91 Å². The maximum atomic E-state index is 14.0. The van der Waals surface area contributed by atoms with Crippen molar-refractivity contribution in [2.45, 2.75) is 20.1 Å². The van der Waals surface area contributed by atoms with Crippen LogP contribution in [0, 0.1) is 5.82 Å². The Labute approximate surface area is 261 Å². The molecule has 6 aromatic rings. The number of carbonyl (C=O) groups excluding carboxylic acids is 1. The largest absolute Gasteiger partial charge is 0.488 e. The summed E-state index contributed by atoms with van der Waals surface area (Å²) in [5.41, 5.74) is 5.39. The first-order chi connectivity index (χ1) is 22.1. The summed E-state index contributed by atoms with van der Waals surface area (Å²) in [6.45, 7) is 2.86. The van der Waals surface area contributed by atoms with Crippen molar-refractivity contribution in [2.75, 3.05) is 6.54 Å². The summed E-state index contributed by atoms with van der Waals surface area (Å²) in [6, 6.07) is 39.3. The summed E-state index contributed by atoms with van der Waals surface area (Å²) >= 11 is 0. The molecule has 1 N–H and O–H groups in total. The van der Waals surface area contributed by atoms with Gasteiger partial charge in [-0.25, -0.2) is 4.39 Å². The topological polar surface area (TPSA) is 73.6 Å². The van der Waals surface area contributed by atoms with E-state index in [1.807, 2.05) is 110 Å². The molecular weight excluding hydrogens is 567 g/mol. The summed E-state index contributed by atoms with van der Waals surface area (Å²) in [6.07, 6.45) is 0. The molecule has 0 saturated heterocycles. The Morgan fingerprint density at radius 2 is 1.27 bits per heavy atom. The Bertz CT molecular complexity index is 1870. The molecule has 0 fully saturated rings. The highest BCUT2D eigenvalue weighted by Gasteiger charge is 2.28. The molecule has 0 radical (unpaired) electrons. The van der Waals surface area contributed by atoms with Crippen molar-refractivity contribution in [3.63, 3.8) is 0 Å². The second-order valence-corrected chi connectivity index (χ2v) is 10.4. The van der Waals surface area contributed by atoms with Crippen LogP contribution >= 0.6 is 0 Å². The lowest BCUT2D eigenvalue weighted by Gasteiger charge is -2.18. The molecule has 6 nitrogen and oxygen atoms in total. The van der Waals surface area contributed by atoms with Gasteiger partial charge in [-0.15, -0.1) is 0 Å². The van der Waals surface area contributed by atoms with Crippen LogP contribution < -0.4 is 14.8 Å². The van der Waals surface area contributed by atoms with Gasteiger partial charge in [0, 0.05) is 18.2 Å². The van der Waals surface area contributed by atoms with E-state index in [-0.39, 0.29) is 12.3 Å². The van der Waals surface area contributed by atoms with Crippen molar-refractivity contribution in [3.8, 4) is 45.1 Å². The van der Waals surface area contributed by atoms with E-state index in [2.05, 4.69) is 10.5 Å². The van der Waals surface area contributed by atoms with Crippen LogP contribution in [0.25, 0.3) is 33.6 Å². The van der Waals surface area contributed by atoms with Gasteiger partial charge in [0.15, 0.2) is 11.5 Å². The fraction of sp³-hybridized carbons (Fsp3) is 0.105. The van der Waals surface area contributed by atoms with E-state index in [4.69, 9.17) is 14.0 Å². The second-order valence-electron chi connectivity index (χ2n) is 10.4. The van der Waals surface area contributed by atoms with Crippen LogP contribution in [0.1, 0.15) is 28.5 Å². The Morgan fingerprint density at radius 1 is 0.711 bits per heavy atom. The molecule has 0 aliphatic heterocycles. The van der Waals surface area contributed by atoms with E-state index < -0.39 is 11.7 Å². The van der Waals surface area contributed by atoms with Crippen molar-refractivity contribution >= 4 is 5.91 Å². The van der Waals surface area contributed by atoms with Crippen LogP contribution in [-0.2, 0) is 13.2 Å². The number of hydrogen-bond acceptors (Lipinski definition) is 5. The second kappa shape index (κ2) is 13.7. The number of ether oxygens (including phenoxy) is 2. The third-order valence-corrected chi connectivity index (χ3v) is 7.26. The Morgan fingerprint density at radius 3 is 1.84 bits per heavy atom. The zero-order chi connectivity index (χ0) is 31.0. The highest BCUT2D eigenvalue weighted by molar-refractivity contribution is 6.03. The predicted octanol–water partition coefficient (Wildman–Crippen LogP) is 8.72. The minimum absolute atomic E-state index is 0.0955. The first kappa shape index (κ1) is 29.4. The Kier molecular flexibility index (Phi) is 8.97. The van der Waals surface area contributed by atoms with Gasteiger partial charge in [0.2, 0.25) is 0 Å². The SMILES string of the molecule is CCNC(=O)c1noc(-c2cc(-c3ccccc3)c(OCc3ccccc3)cc2OCc2ccccc2)c1-c1ccc(F)cc1. The van der Waals surface area contributed by atoms with Gasteiger partial charge >= 0.3 is 0 Å². The maximum absolute atomic E-state index is 14.0. The summed E-state index contributed by atoms with van der Waals surface area (Å²) in [5.74, 6) is 0.615. The molecule has 0 atom stereocenters. The van der Waals surface area contributed by atoms with E-state index in [0.717, 1.165) is 22.3 Å². The number of hydrogen-bond donors (Lipinski definition) is 1. The van der Waals surface area contributed by atoms with Gasteiger partial charge in [0.1, 0.15) is 30.5 Å². The number of nitrogens with one attached hydrogen (secondary N) is 1. The molecule has 45 heavy (non-hydrogen) atoms. The van der Waals surface area contributed by atoms with Crippen molar-refractivity contribution in [1.82, 2.24) is 10.5 Å². The molecule has 6 rings (SSSR count). The highest BCUT2D eigenvalue weighted by Crippen LogP contribution is 2.45. The third-order valence-electron chi connectivity index (χ3n) is 7.26. The lowest BCUT2D eigenvalue weighted by molar-refractivity contribution is 0.0947. The maximum Gasteiger partial charge on any atom is 0.274 e. The van der Waals surface area contributed by atoms with E-state index in [1.165, 1.54) is 12.1 Å². The number of rotatable bonds is 11. The molecular formula is C38H31FN2O4. The highest BCUT2D eigenvalue weighted by atomic mass is 19.1. The minimum Gasteiger partial charge on any atom is -0.488 e. The summed E-state index contributed by atoms with van der Waals surface area (Å²) in [5, 5.41) is 7.00. The van der Waals surface area contributed by atoms with Crippen molar-refractivity contribution in [2.24, 2.45) is 0 Å². The molecule has 0 aliphatic carbocycles. The van der Waals surface area contributed by atoms with Gasteiger partial charge in [-0.3, -0.25) is 4.79 Å². The average Bonchev–Trinajstić information content (AvgIpc) is 3.53. The van der Waals surface area contributed by atoms with Gasteiger partial charge in [0.05, 0.1) is 11.1 Å². The zero-order valence-electron chi connectivity index (χ0n) is 24.7. The monoisotopic (exact) mass is 598 g/mol. The van der Waals surface area contributed by atoms with E-state index >= 15 is 0 Å². The zero-order valence-corrected chi connectivity index (χ0v) is 24.7. The Balaban J connectivity index is 1.54. The molecule has 0 aliphatic rings. The molecule has 1 heterocycles. The normalized spacial score (nSPS) is 10.8. The van der Waals surface area contributed by atoms with Crippen LogP contribution in [0.15, 0.2) is 132 Å². The third kappa shape index (κ3) is 6.78. The number of aromatic nitrogens is 1. The van der Waals surface area contributed by atoms with E-state index in [9.17, 15) is 9.18 Å². The number of nitrogens with zero attached hydrogens (tertiary/aromatic N) is 1. The minimum atomic E-state index is -0.398.